The second kappa shape index (κ2) is 7.26. The van der Waals surface area contributed by atoms with Gasteiger partial charge in [-0.2, -0.15) is 0 Å². The van der Waals surface area contributed by atoms with E-state index in [1.165, 1.54) is 0 Å². The first-order valence-corrected chi connectivity index (χ1v) is 11.3. The number of para-hydroxylation sites is 1. The zero-order chi connectivity index (χ0) is 19.9. The summed E-state index contributed by atoms with van der Waals surface area (Å²) in [5.74, 6) is -0.176. The normalized spacial score (nSPS) is 24.6. The molecule has 27 heavy (non-hydrogen) atoms. The topological polar surface area (TPSA) is 74.8 Å². The minimum absolute atomic E-state index is 0.0227. The fourth-order valence-corrected chi connectivity index (χ4v) is 5.93. The van der Waals surface area contributed by atoms with Crippen molar-refractivity contribution in [3.63, 3.8) is 0 Å². The maximum Gasteiger partial charge on any atom is 0.228 e. The number of anilines is 1. The molecule has 2 saturated heterocycles. The highest BCUT2D eigenvalue weighted by molar-refractivity contribution is 7.91. The van der Waals surface area contributed by atoms with Crippen molar-refractivity contribution in [1.82, 2.24) is 4.90 Å². The summed E-state index contributed by atoms with van der Waals surface area (Å²) >= 11 is 0. The Kier molecular flexibility index (Phi) is 5.34. The summed E-state index contributed by atoms with van der Waals surface area (Å²) < 4.78 is 23.4. The van der Waals surface area contributed by atoms with Gasteiger partial charge >= 0.3 is 0 Å². The van der Waals surface area contributed by atoms with Crippen LogP contribution in [0.4, 0.5) is 5.69 Å². The number of aryl methyl sites for hydroxylation is 1. The van der Waals surface area contributed by atoms with Crippen molar-refractivity contribution in [2.45, 2.75) is 45.6 Å². The molecule has 7 heteroatoms. The fourth-order valence-electron chi connectivity index (χ4n) is 4.15. The van der Waals surface area contributed by atoms with E-state index < -0.39 is 15.8 Å². The maximum absolute atomic E-state index is 12.9. The summed E-state index contributed by atoms with van der Waals surface area (Å²) in [6.45, 7) is 6.52. The third-order valence-corrected chi connectivity index (χ3v) is 7.49. The molecule has 0 aromatic heterocycles. The van der Waals surface area contributed by atoms with Crippen LogP contribution in [0.5, 0.6) is 0 Å². The largest absolute Gasteiger partial charge is 0.341 e. The van der Waals surface area contributed by atoms with Crippen LogP contribution in [0, 0.1) is 12.8 Å². The number of sulfone groups is 1. The van der Waals surface area contributed by atoms with Crippen LogP contribution < -0.4 is 4.90 Å². The van der Waals surface area contributed by atoms with Crippen LogP contribution in [0.25, 0.3) is 0 Å². The Morgan fingerprint density at radius 2 is 2.00 bits per heavy atom. The first-order chi connectivity index (χ1) is 12.6. The van der Waals surface area contributed by atoms with E-state index in [9.17, 15) is 18.0 Å². The summed E-state index contributed by atoms with van der Waals surface area (Å²) in [6, 6.07) is 5.73. The predicted octanol–water partition coefficient (Wildman–Crippen LogP) is 2.12. The second-order valence-electron chi connectivity index (χ2n) is 8.08. The monoisotopic (exact) mass is 392 g/mol. The minimum Gasteiger partial charge on any atom is -0.341 e. The van der Waals surface area contributed by atoms with Crippen molar-refractivity contribution in [3.05, 3.63) is 29.3 Å². The molecule has 2 atom stereocenters. The first kappa shape index (κ1) is 19.9. The van der Waals surface area contributed by atoms with Crippen molar-refractivity contribution >= 4 is 27.3 Å². The van der Waals surface area contributed by atoms with Crippen molar-refractivity contribution < 1.29 is 18.0 Å². The van der Waals surface area contributed by atoms with Gasteiger partial charge in [0.2, 0.25) is 11.8 Å². The van der Waals surface area contributed by atoms with Gasteiger partial charge in [-0.15, -0.1) is 0 Å². The molecule has 1 aromatic rings. The molecule has 0 saturated carbocycles. The highest BCUT2D eigenvalue weighted by Crippen LogP contribution is 2.35. The summed E-state index contributed by atoms with van der Waals surface area (Å²) in [6.07, 6.45) is 0.652. The Bertz CT molecular complexity index is 863. The van der Waals surface area contributed by atoms with Crippen LogP contribution in [0.2, 0.25) is 0 Å². The summed E-state index contributed by atoms with van der Waals surface area (Å²) in [7, 11) is -1.39. The average molecular weight is 393 g/mol. The van der Waals surface area contributed by atoms with Gasteiger partial charge in [0.15, 0.2) is 9.84 Å². The zero-order valence-electron chi connectivity index (χ0n) is 16.4. The maximum atomic E-state index is 12.9. The van der Waals surface area contributed by atoms with Crippen molar-refractivity contribution in [1.29, 1.82) is 0 Å². The van der Waals surface area contributed by atoms with Gasteiger partial charge in [0.25, 0.3) is 0 Å². The van der Waals surface area contributed by atoms with Gasteiger partial charge in [0.1, 0.15) is 0 Å². The van der Waals surface area contributed by atoms with E-state index in [0.29, 0.717) is 13.0 Å². The minimum atomic E-state index is -3.05. The van der Waals surface area contributed by atoms with E-state index in [0.717, 1.165) is 16.8 Å². The number of hydrogen-bond acceptors (Lipinski definition) is 4. The SMILES string of the molecule is Cc1cccc(C(C)C)c1N1CC(C(=O)N(C)C2CCS(=O)(=O)C2)CC1=O. The molecule has 148 valence electrons. The molecule has 2 aliphatic heterocycles. The Morgan fingerprint density at radius 1 is 1.30 bits per heavy atom. The molecular weight excluding hydrogens is 364 g/mol. The second-order valence-corrected chi connectivity index (χ2v) is 10.3. The summed E-state index contributed by atoms with van der Waals surface area (Å²) in [5.41, 5.74) is 3.04. The third kappa shape index (κ3) is 3.88. The fraction of sp³-hybridized carbons (Fsp3) is 0.600. The molecule has 0 spiro atoms. The van der Waals surface area contributed by atoms with Crippen LogP contribution in [0.3, 0.4) is 0 Å². The van der Waals surface area contributed by atoms with E-state index in [2.05, 4.69) is 13.8 Å². The van der Waals surface area contributed by atoms with Gasteiger partial charge in [-0.05, 0) is 30.4 Å². The van der Waals surface area contributed by atoms with Gasteiger partial charge < -0.3 is 9.80 Å². The molecular formula is C20H28N2O4S. The summed E-state index contributed by atoms with van der Waals surface area (Å²) in [4.78, 5) is 28.9. The standard InChI is InChI=1S/C20H28N2O4S/c1-13(2)17-7-5-6-14(3)19(17)22-11-15(10-18(22)23)20(24)21(4)16-8-9-27(25,26)12-16/h5-7,13,15-16H,8-12H2,1-4H3. The van der Waals surface area contributed by atoms with Gasteiger partial charge in [-0.1, -0.05) is 32.0 Å². The third-order valence-electron chi connectivity index (χ3n) is 5.74. The van der Waals surface area contributed by atoms with Crippen LogP contribution in [-0.2, 0) is 19.4 Å². The van der Waals surface area contributed by atoms with Crippen LogP contribution in [0.1, 0.15) is 43.7 Å². The average Bonchev–Trinajstić information content (AvgIpc) is 3.15. The molecule has 1 aromatic carbocycles. The van der Waals surface area contributed by atoms with Crippen LogP contribution >= 0.6 is 0 Å². The predicted molar refractivity (Wildman–Crippen MR) is 106 cm³/mol. The van der Waals surface area contributed by atoms with E-state index in [4.69, 9.17) is 0 Å². The Labute approximate surface area is 161 Å². The van der Waals surface area contributed by atoms with Crippen molar-refractivity contribution in [2.24, 2.45) is 5.92 Å². The number of rotatable bonds is 4. The molecule has 0 bridgehead atoms. The van der Waals surface area contributed by atoms with Gasteiger partial charge in [-0.3, -0.25) is 9.59 Å². The van der Waals surface area contributed by atoms with E-state index in [1.54, 1.807) is 16.8 Å². The molecule has 2 unspecified atom stereocenters. The Hall–Kier alpha value is -1.89. The quantitative estimate of drug-likeness (QED) is 0.787. The number of carbonyl (C=O) groups excluding carboxylic acids is 2. The smallest absolute Gasteiger partial charge is 0.228 e. The Balaban J connectivity index is 1.79. The zero-order valence-corrected chi connectivity index (χ0v) is 17.3. The molecule has 3 rings (SSSR count). The highest BCUT2D eigenvalue weighted by Gasteiger charge is 2.41. The molecule has 2 fully saturated rings. The van der Waals surface area contributed by atoms with Gasteiger partial charge in [0, 0.05) is 31.7 Å². The first-order valence-electron chi connectivity index (χ1n) is 9.47. The number of hydrogen-bond donors (Lipinski definition) is 0. The lowest BCUT2D eigenvalue weighted by atomic mass is 9.97. The van der Waals surface area contributed by atoms with Gasteiger partial charge in [-0.25, -0.2) is 8.42 Å². The number of carbonyl (C=O) groups is 2. The molecule has 0 aliphatic carbocycles. The molecule has 0 N–H and O–H groups in total. The van der Waals surface area contributed by atoms with Crippen molar-refractivity contribution in [2.75, 3.05) is 30.0 Å². The molecule has 6 nitrogen and oxygen atoms in total. The van der Waals surface area contributed by atoms with Crippen LogP contribution in [-0.4, -0.2) is 56.3 Å². The highest BCUT2D eigenvalue weighted by atomic mass is 32.2. The number of amides is 2. The molecule has 0 radical (unpaired) electrons. The molecule has 2 aliphatic rings. The van der Waals surface area contributed by atoms with E-state index in [1.807, 2.05) is 25.1 Å². The van der Waals surface area contributed by atoms with Gasteiger partial charge in [0.05, 0.1) is 17.4 Å². The Morgan fingerprint density at radius 3 is 2.59 bits per heavy atom. The lowest BCUT2D eigenvalue weighted by Crippen LogP contribution is -2.42. The lowest BCUT2D eigenvalue weighted by molar-refractivity contribution is -0.136. The van der Waals surface area contributed by atoms with Crippen LogP contribution in [0.15, 0.2) is 18.2 Å². The number of nitrogens with zero attached hydrogens (tertiary/aromatic N) is 2. The van der Waals surface area contributed by atoms with Crippen molar-refractivity contribution in [3.8, 4) is 0 Å². The number of benzene rings is 1. The molecule has 2 amide bonds. The van der Waals surface area contributed by atoms with E-state index >= 15 is 0 Å². The molecule has 2 heterocycles. The lowest BCUT2D eigenvalue weighted by Gasteiger charge is -2.27. The summed E-state index contributed by atoms with van der Waals surface area (Å²) in [5, 5.41) is 0. The van der Waals surface area contributed by atoms with E-state index in [-0.39, 0.29) is 41.7 Å².